The summed E-state index contributed by atoms with van der Waals surface area (Å²) in [6.07, 6.45) is 4.04. The summed E-state index contributed by atoms with van der Waals surface area (Å²) in [6, 6.07) is 21.3. The first-order valence-corrected chi connectivity index (χ1v) is 12.0. The molecule has 1 heterocycles. The minimum absolute atomic E-state index is 0.249. The van der Waals surface area contributed by atoms with Crippen LogP contribution in [0.4, 0.5) is 5.69 Å². The van der Waals surface area contributed by atoms with Crippen molar-refractivity contribution >= 4 is 49.7 Å². The molecule has 3 aromatic carbocycles. The zero-order valence-corrected chi connectivity index (χ0v) is 20.6. The highest BCUT2D eigenvalue weighted by Gasteiger charge is 2.13. The number of carbonyl (C=O) groups is 1. The lowest BCUT2D eigenvalue weighted by Gasteiger charge is -2.17. The molecule has 0 bridgehead atoms. The quantitative estimate of drug-likeness (QED) is 0.280. The Morgan fingerprint density at radius 2 is 1.66 bits per heavy atom. The molecule has 0 unspecified atom stereocenters. The Hall–Kier alpha value is -2.64. The molecular formula is C25H23Br2N3O2. The molecule has 0 atom stereocenters. The average molecular weight is 557 g/mol. The van der Waals surface area contributed by atoms with Crippen molar-refractivity contribution in [1.29, 1.82) is 0 Å². The first kappa shape index (κ1) is 22.6. The molecule has 1 aliphatic rings. The molecule has 0 aromatic heterocycles. The Bertz CT molecular complexity index is 1090. The van der Waals surface area contributed by atoms with Gasteiger partial charge in [-0.2, -0.15) is 5.10 Å². The van der Waals surface area contributed by atoms with Gasteiger partial charge in [-0.3, -0.25) is 4.79 Å². The zero-order chi connectivity index (χ0) is 22.3. The topological polar surface area (TPSA) is 53.9 Å². The van der Waals surface area contributed by atoms with E-state index in [1.165, 1.54) is 12.8 Å². The normalized spacial score (nSPS) is 13.5. The number of hydrazone groups is 1. The molecule has 0 radical (unpaired) electrons. The van der Waals surface area contributed by atoms with E-state index in [0.717, 1.165) is 38.8 Å². The summed E-state index contributed by atoms with van der Waals surface area (Å²) in [5.74, 6) is 0.436. The summed E-state index contributed by atoms with van der Waals surface area (Å²) in [6.45, 7) is 2.59. The maximum absolute atomic E-state index is 12.5. The SMILES string of the molecule is O=C(N/N=C\c1cc(Br)ccc1OCc1ccc(Br)cc1)c1ccc(N2CCCC2)cc1. The van der Waals surface area contributed by atoms with Crippen molar-refractivity contribution < 1.29 is 9.53 Å². The van der Waals surface area contributed by atoms with E-state index in [2.05, 4.69) is 47.3 Å². The van der Waals surface area contributed by atoms with Crippen molar-refractivity contribution in [2.45, 2.75) is 19.4 Å². The minimum Gasteiger partial charge on any atom is -0.488 e. The van der Waals surface area contributed by atoms with Crippen molar-refractivity contribution in [3.63, 3.8) is 0 Å². The number of halogens is 2. The molecule has 0 aliphatic carbocycles. The van der Waals surface area contributed by atoms with Crippen molar-refractivity contribution in [2.75, 3.05) is 18.0 Å². The van der Waals surface area contributed by atoms with E-state index in [4.69, 9.17) is 4.74 Å². The van der Waals surface area contributed by atoms with Gasteiger partial charge >= 0.3 is 0 Å². The van der Waals surface area contributed by atoms with Crippen LogP contribution in [0.3, 0.4) is 0 Å². The molecule has 164 valence electrons. The first-order chi connectivity index (χ1) is 15.6. The number of amides is 1. The van der Waals surface area contributed by atoms with Crippen LogP contribution in [-0.4, -0.2) is 25.2 Å². The minimum atomic E-state index is -0.249. The van der Waals surface area contributed by atoms with E-state index in [1.807, 2.05) is 66.7 Å². The fourth-order valence-electron chi connectivity index (χ4n) is 3.52. The summed E-state index contributed by atoms with van der Waals surface area (Å²) >= 11 is 6.92. The maximum Gasteiger partial charge on any atom is 0.271 e. The van der Waals surface area contributed by atoms with Gasteiger partial charge in [0, 0.05) is 38.8 Å². The lowest BCUT2D eigenvalue weighted by molar-refractivity contribution is 0.0955. The fourth-order valence-corrected chi connectivity index (χ4v) is 4.16. The number of nitrogens with zero attached hydrogens (tertiary/aromatic N) is 2. The van der Waals surface area contributed by atoms with Gasteiger partial charge in [-0.1, -0.05) is 44.0 Å². The number of nitrogens with one attached hydrogen (secondary N) is 1. The van der Waals surface area contributed by atoms with Gasteiger partial charge in [-0.15, -0.1) is 0 Å². The summed E-state index contributed by atoms with van der Waals surface area (Å²) < 4.78 is 7.91. The van der Waals surface area contributed by atoms with Crippen LogP contribution in [0.2, 0.25) is 0 Å². The van der Waals surface area contributed by atoms with Crippen LogP contribution in [-0.2, 0) is 6.61 Å². The number of ether oxygens (including phenoxy) is 1. The molecule has 1 N–H and O–H groups in total. The zero-order valence-electron chi connectivity index (χ0n) is 17.4. The van der Waals surface area contributed by atoms with Gasteiger partial charge in [-0.25, -0.2) is 5.43 Å². The molecule has 0 spiro atoms. The molecule has 5 nitrogen and oxygen atoms in total. The molecule has 1 saturated heterocycles. The second-order valence-corrected chi connectivity index (χ2v) is 9.37. The van der Waals surface area contributed by atoms with Crippen LogP contribution in [0, 0.1) is 0 Å². The summed E-state index contributed by atoms with van der Waals surface area (Å²) in [4.78, 5) is 14.8. The highest BCUT2D eigenvalue weighted by Crippen LogP contribution is 2.23. The lowest BCUT2D eigenvalue weighted by Crippen LogP contribution is -2.19. The van der Waals surface area contributed by atoms with Gasteiger partial charge in [0.15, 0.2) is 0 Å². The molecule has 0 saturated carbocycles. The third kappa shape index (κ3) is 5.99. The monoisotopic (exact) mass is 555 g/mol. The number of hydrogen-bond acceptors (Lipinski definition) is 4. The van der Waals surface area contributed by atoms with Gasteiger partial charge in [0.1, 0.15) is 12.4 Å². The molecule has 1 fully saturated rings. The van der Waals surface area contributed by atoms with Crippen LogP contribution in [0.1, 0.15) is 34.3 Å². The van der Waals surface area contributed by atoms with Gasteiger partial charge in [0.25, 0.3) is 5.91 Å². The van der Waals surface area contributed by atoms with E-state index in [9.17, 15) is 4.79 Å². The van der Waals surface area contributed by atoms with Crippen molar-refractivity contribution in [2.24, 2.45) is 5.10 Å². The van der Waals surface area contributed by atoms with E-state index >= 15 is 0 Å². The number of benzene rings is 3. The van der Waals surface area contributed by atoms with Crippen molar-refractivity contribution in [3.05, 3.63) is 92.4 Å². The second-order valence-electron chi connectivity index (χ2n) is 7.54. The number of anilines is 1. The van der Waals surface area contributed by atoms with Crippen molar-refractivity contribution in [1.82, 2.24) is 5.43 Å². The Morgan fingerprint density at radius 3 is 2.38 bits per heavy atom. The molecule has 7 heteroatoms. The smallest absolute Gasteiger partial charge is 0.271 e. The maximum atomic E-state index is 12.5. The molecule has 32 heavy (non-hydrogen) atoms. The Labute approximate surface area is 204 Å². The Kier molecular flexibility index (Phi) is 7.60. The van der Waals surface area contributed by atoms with Crippen molar-refractivity contribution in [3.8, 4) is 5.75 Å². The summed E-state index contributed by atoms with van der Waals surface area (Å²) in [5, 5.41) is 4.14. The van der Waals surface area contributed by atoms with Crippen LogP contribution >= 0.6 is 31.9 Å². The fraction of sp³-hybridized carbons (Fsp3) is 0.200. The molecular weight excluding hydrogens is 534 g/mol. The van der Waals surface area contributed by atoms with Crippen LogP contribution in [0.25, 0.3) is 0 Å². The highest BCUT2D eigenvalue weighted by molar-refractivity contribution is 9.10. The largest absolute Gasteiger partial charge is 0.488 e. The highest BCUT2D eigenvalue weighted by atomic mass is 79.9. The van der Waals surface area contributed by atoms with Gasteiger partial charge in [0.05, 0.1) is 6.21 Å². The van der Waals surface area contributed by atoms with Gasteiger partial charge in [-0.05, 0) is 73.0 Å². The van der Waals surface area contributed by atoms with E-state index in [1.54, 1.807) is 6.21 Å². The van der Waals surface area contributed by atoms with E-state index in [-0.39, 0.29) is 5.91 Å². The Morgan fingerprint density at radius 1 is 0.969 bits per heavy atom. The van der Waals surface area contributed by atoms with E-state index < -0.39 is 0 Å². The van der Waals surface area contributed by atoms with Gasteiger partial charge < -0.3 is 9.64 Å². The van der Waals surface area contributed by atoms with Crippen LogP contribution in [0.15, 0.2) is 80.8 Å². The average Bonchev–Trinajstić information content (AvgIpc) is 3.35. The third-order valence-corrected chi connectivity index (χ3v) is 6.27. The number of carbonyl (C=O) groups excluding carboxylic acids is 1. The van der Waals surface area contributed by atoms with Crippen LogP contribution in [0.5, 0.6) is 5.75 Å². The standard InChI is InChI=1S/C25H23Br2N3O2/c26-21-7-3-18(4-8-21)17-32-24-12-9-22(27)15-20(24)16-28-29-25(31)19-5-10-23(11-6-19)30-13-1-2-14-30/h3-12,15-16H,1-2,13-14,17H2,(H,29,31)/b28-16-. The molecule has 1 aliphatic heterocycles. The number of rotatable bonds is 7. The van der Waals surface area contributed by atoms with Crippen LogP contribution < -0.4 is 15.1 Å². The Balaban J connectivity index is 1.38. The molecule has 1 amide bonds. The van der Waals surface area contributed by atoms with E-state index in [0.29, 0.717) is 17.9 Å². The lowest BCUT2D eigenvalue weighted by atomic mass is 10.2. The molecule has 4 rings (SSSR count). The predicted octanol–water partition coefficient (Wildman–Crippen LogP) is 6.15. The summed E-state index contributed by atoms with van der Waals surface area (Å²) in [7, 11) is 0. The third-order valence-electron chi connectivity index (χ3n) is 5.25. The number of hydrogen-bond donors (Lipinski definition) is 1. The predicted molar refractivity (Wildman–Crippen MR) is 136 cm³/mol. The summed E-state index contributed by atoms with van der Waals surface area (Å²) in [5.41, 5.74) is 6.16. The molecule has 3 aromatic rings. The van der Waals surface area contributed by atoms with Gasteiger partial charge in [0.2, 0.25) is 0 Å². The second kappa shape index (κ2) is 10.8. The first-order valence-electron chi connectivity index (χ1n) is 10.4.